The number of pyridine rings is 1. The van der Waals surface area contributed by atoms with Gasteiger partial charge in [0.2, 0.25) is 5.91 Å². The maximum atomic E-state index is 12.3. The van der Waals surface area contributed by atoms with Gasteiger partial charge >= 0.3 is 0 Å². The molecule has 0 saturated carbocycles. The molecule has 112 valence electrons. The summed E-state index contributed by atoms with van der Waals surface area (Å²) in [6.45, 7) is 9.55. The van der Waals surface area contributed by atoms with Crippen molar-refractivity contribution >= 4 is 5.91 Å². The van der Waals surface area contributed by atoms with Crippen molar-refractivity contribution in [2.45, 2.75) is 46.2 Å². The van der Waals surface area contributed by atoms with Gasteiger partial charge in [0, 0.05) is 36.9 Å². The van der Waals surface area contributed by atoms with E-state index in [1.165, 1.54) is 0 Å². The molecule has 1 amide bonds. The predicted molar refractivity (Wildman–Crippen MR) is 82.6 cm³/mol. The van der Waals surface area contributed by atoms with E-state index in [0.717, 1.165) is 18.7 Å². The van der Waals surface area contributed by atoms with Crippen LogP contribution in [0.15, 0.2) is 24.4 Å². The third kappa shape index (κ3) is 5.29. The lowest BCUT2D eigenvalue weighted by molar-refractivity contribution is -0.135. The summed E-state index contributed by atoms with van der Waals surface area (Å²) in [4.78, 5) is 20.6. The fourth-order valence-electron chi connectivity index (χ4n) is 2.42. The van der Waals surface area contributed by atoms with Crippen LogP contribution in [0, 0.1) is 0 Å². The molecule has 1 aromatic rings. The third-order valence-electron chi connectivity index (χ3n) is 3.28. The summed E-state index contributed by atoms with van der Waals surface area (Å²) in [7, 11) is 1.99. The first-order valence-corrected chi connectivity index (χ1v) is 7.31. The Morgan fingerprint density at radius 1 is 1.20 bits per heavy atom. The first-order valence-electron chi connectivity index (χ1n) is 7.31. The molecular formula is C16H27N3O. The fourth-order valence-corrected chi connectivity index (χ4v) is 2.42. The minimum absolute atomic E-state index is 0.193. The van der Waals surface area contributed by atoms with Gasteiger partial charge in [-0.15, -0.1) is 0 Å². The van der Waals surface area contributed by atoms with Crippen LogP contribution in [0.1, 0.15) is 33.4 Å². The summed E-state index contributed by atoms with van der Waals surface area (Å²) < 4.78 is 0. The molecule has 0 aliphatic carbocycles. The summed E-state index contributed by atoms with van der Waals surface area (Å²) >= 11 is 0. The summed E-state index contributed by atoms with van der Waals surface area (Å²) in [5, 5.41) is 0. The molecule has 0 atom stereocenters. The van der Waals surface area contributed by atoms with E-state index in [1.807, 2.05) is 30.1 Å². The molecule has 1 rings (SSSR count). The van der Waals surface area contributed by atoms with E-state index in [-0.39, 0.29) is 18.0 Å². The SMILES string of the molecule is CC(C)N(C(=O)CN(C)CCc1ccccn1)C(C)C. The molecule has 4 heteroatoms. The Labute approximate surface area is 122 Å². The molecular weight excluding hydrogens is 250 g/mol. The highest BCUT2D eigenvalue weighted by molar-refractivity contribution is 5.78. The second-order valence-corrected chi connectivity index (χ2v) is 5.80. The van der Waals surface area contributed by atoms with E-state index in [2.05, 4.69) is 37.6 Å². The Bertz CT molecular complexity index is 395. The molecule has 0 aliphatic heterocycles. The smallest absolute Gasteiger partial charge is 0.237 e. The molecule has 0 saturated heterocycles. The molecule has 0 aliphatic rings. The topological polar surface area (TPSA) is 36.4 Å². The summed E-state index contributed by atoms with van der Waals surface area (Å²) in [5.41, 5.74) is 1.07. The van der Waals surface area contributed by atoms with Crippen LogP contribution in [0.4, 0.5) is 0 Å². The van der Waals surface area contributed by atoms with E-state index in [9.17, 15) is 4.79 Å². The van der Waals surface area contributed by atoms with Gasteiger partial charge in [0.1, 0.15) is 0 Å². The number of rotatable bonds is 7. The molecule has 1 heterocycles. The van der Waals surface area contributed by atoms with Gasteiger partial charge < -0.3 is 4.90 Å². The Kier molecular flexibility index (Phi) is 6.65. The van der Waals surface area contributed by atoms with E-state index in [0.29, 0.717) is 6.54 Å². The van der Waals surface area contributed by atoms with Crippen LogP contribution in [0.3, 0.4) is 0 Å². The summed E-state index contributed by atoms with van der Waals surface area (Å²) in [6, 6.07) is 6.41. The van der Waals surface area contributed by atoms with E-state index < -0.39 is 0 Å². The van der Waals surface area contributed by atoms with Gasteiger partial charge in [-0.1, -0.05) is 6.07 Å². The molecule has 0 unspecified atom stereocenters. The number of aromatic nitrogens is 1. The standard InChI is InChI=1S/C16H27N3O/c1-13(2)19(14(3)4)16(20)12-18(5)11-9-15-8-6-7-10-17-15/h6-8,10,13-14H,9,11-12H2,1-5H3. The number of hydrogen-bond donors (Lipinski definition) is 0. The van der Waals surface area contributed by atoms with Crippen molar-refractivity contribution in [2.75, 3.05) is 20.1 Å². The number of carbonyl (C=O) groups excluding carboxylic acids is 1. The maximum Gasteiger partial charge on any atom is 0.237 e. The molecule has 4 nitrogen and oxygen atoms in total. The highest BCUT2D eigenvalue weighted by Gasteiger charge is 2.20. The zero-order valence-electron chi connectivity index (χ0n) is 13.3. The van der Waals surface area contributed by atoms with Crippen LogP contribution in [-0.2, 0) is 11.2 Å². The van der Waals surface area contributed by atoms with Gasteiger partial charge in [-0.2, -0.15) is 0 Å². The minimum Gasteiger partial charge on any atom is -0.337 e. The molecule has 0 bridgehead atoms. The van der Waals surface area contributed by atoms with Gasteiger partial charge in [-0.05, 0) is 46.9 Å². The van der Waals surface area contributed by atoms with Crippen LogP contribution < -0.4 is 0 Å². The number of amides is 1. The largest absolute Gasteiger partial charge is 0.337 e. The van der Waals surface area contributed by atoms with Crippen LogP contribution in [0.5, 0.6) is 0 Å². The van der Waals surface area contributed by atoms with E-state index in [1.54, 1.807) is 6.20 Å². The Balaban J connectivity index is 2.45. The van der Waals surface area contributed by atoms with Crippen LogP contribution in [0.25, 0.3) is 0 Å². The van der Waals surface area contributed by atoms with Crippen molar-refractivity contribution in [3.63, 3.8) is 0 Å². The molecule has 0 fully saturated rings. The van der Waals surface area contributed by atoms with Crippen LogP contribution in [0.2, 0.25) is 0 Å². The third-order valence-corrected chi connectivity index (χ3v) is 3.28. The molecule has 0 radical (unpaired) electrons. The number of carbonyl (C=O) groups is 1. The zero-order valence-corrected chi connectivity index (χ0v) is 13.3. The normalized spacial score (nSPS) is 11.4. The zero-order chi connectivity index (χ0) is 15.1. The van der Waals surface area contributed by atoms with Gasteiger partial charge in [-0.25, -0.2) is 0 Å². The Hall–Kier alpha value is -1.42. The number of hydrogen-bond acceptors (Lipinski definition) is 3. The number of nitrogens with zero attached hydrogens (tertiary/aromatic N) is 3. The van der Waals surface area contributed by atoms with Crippen LogP contribution in [-0.4, -0.2) is 52.9 Å². The van der Waals surface area contributed by atoms with Crippen molar-refractivity contribution in [1.82, 2.24) is 14.8 Å². The molecule has 0 aromatic carbocycles. The quantitative estimate of drug-likeness (QED) is 0.766. The second kappa shape index (κ2) is 8.00. The first-order chi connectivity index (χ1) is 9.41. The Morgan fingerprint density at radius 3 is 2.35 bits per heavy atom. The summed E-state index contributed by atoms with van der Waals surface area (Å²) in [5.74, 6) is 0.193. The highest BCUT2D eigenvalue weighted by Crippen LogP contribution is 2.06. The fraction of sp³-hybridized carbons (Fsp3) is 0.625. The van der Waals surface area contributed by atoms with Crippen molar-refractivity contribution in [3.05, 3.63) is 30.1 Å². The van der Waals surface area contributed by atoms with Gasteiger partial charge in [0.25, 0.3) is 0 Å². The van der Waals surface area contributed by atoms with E-state index >= 15 is 0 Å². The summed E-state index contributed by atoms with van der Waals surface area (Å²) in [6.07, 6.45) is 2.67. The average Bonchev–Trinajstić information content (AvgIpc) is 2.36. The Morgan fingerprint density at radius 2 is 1.85 bits per heavy atom. The minimum atomic E-state index is 0.193. The van der Waals surface area contributed by atoms with Crippen LogP contribution >= 0.6 is 0 Å². The lowest BCUT2D eigenvalue weighted by atomic mass is 10.2. The highest BCUT2D eigenvalue weighted by atomic mass is 16.2. The number of likely N-dealkylation sites (N-methyl/N-ethyl adjacent to an activating group) is 1. The molecule has 1 aromatic heterocycles. The van der Waals surface area contributed by atoms with Gasteiger partial charge in [0.15, 0.2) is 0 Å². The lowest BCUT2D eigenvalue weighted by Crippen LogP contribution is -2.46. The average molecular weight is 277 g/mol. The van der Waals surface area contributed by atoms with Crippen molar-refractivity contribution < 1.29 is 4.79 Å². The van der Waals surface area contributed by atoms with E-state index in [4.69, 9.17) is 0 Å². The van der Waals surface area contributed by atoms with Crippen molar-refractivity contribution in [3.8, 4) is 0 Å². The molecule has 20 heavy (non-hydrogen) atoms. The molecule has 0 N–H and O–H groups in total. The second-order valence-electron chi connectivity index (χ2n) is 5.80. The van der Waals surface area contributed by atoms with Gasteiger partial charge in [-0.3, -0.25) is 14.7 Å². The first kappa shape index (κ1) is 16.6. The molecule has 0 spiro atoms. The van der Waals surface area contributed by atoms with Crippen molar-refractivity contribution in [2.24, 2.45) is 0 Å². The van der Waals surface area contributed by atoms with Gasteiger partial charge in [0.05, 0.1) is 6.54 Å². The maximum absolute atomic E-state index is 12.3. The van der Waals surface area contributed by atoms with Crippen molar-refractivity contribution in [1.29, 1.82) is 0 Å². The predicted octanol–water partition coefficient (Wildman–Crippen LogP) is 2.20. The lowest BCUT2D eigenvalue weighted by Gasteiger charge is -2.32. The monoisotopic (exact) mass is 277 g/mol.